The summed E-state index contributed by atoms with van der Waals surface area (Å²) < 4.78 is 0. The lowest BCUT2D eigenvalue weighted by Gasteiger charge is -2.13. The van der Waals surface area contributed by atoms with Crippen molar-refractivity contribution in [3.63, 3.8) is 0 Å². The zero-order valence-corrected chi connectivity index (χ0v) is 12.6. The van der Waals surface area contributed by atoms with Crippen molar-refractivity contribution in [3.8, 4) is 0 Å². The van der Waals surface area contributed by atoms with Crippen LogP contribution >= 0.6 is 23.4 Å². The van der Waals surface area contributed by atoms with E-state index in [1.54, 1.807) is 0 Å². The summed E-state index contributed by atoms with van der Waals surface area (Å²) in [6.07, 6.45) is 5.67. The van der Waals surface area contributed by atoms with E-state index in [0.717, 1.165) is 24.0 Å². The number of hydrogen-bond donors (Lipinski definition) is 1. The summed E-state index contributed by atoms with van der Waals surface area (Å²) in [6.45, 7) is 3.99. The molecule has 18 heavy (non-hydrogen) atoms. The van der Waals surface area contributed by atoms with Gasteiger partial charge in [0.25, 0.3) is 0 Å². The lowest BCUT2D eigenvalue weighted by atomic mass is 10.1. The van der Waals surface area contributed by atoms with Crippen molar-refractivity contribution >= 4 is 23.4 Å². The Morgan fingerprint density at radius 2 is 2.11 bits per heavy atom. The minimum Gasteiger partial charge on any atom is -0.313 e. The van der Waals surface area contributed by atoms with Crippen LogP contribution < -0.4 is 5.32 Å². The highest BCUT2D eigenvalue weighted by atomic mass is 35.5. The monoisotopic (exact) mass is 283 g/mol. The Hall–Kier alpha value is -0.180. The van der Waals surface area contributed by atoms with Crippen molar-refractivity contribution in [1.29, 1.82) is 0 Å². The number of hydrogen-bond acceptors (Lipinski definition) is 2. The van der Waals surface area contributed by atoms with Gasteiger partial charge in [-0.05, 0) is 43.0 Å². The van der Waals surface area contributed by atoms with E-state index in [-0.39, 0.29) is 0 Å². The van der Waals surface area contributed by atoms with Gasteiger partial charge in [0.1, 0.15) is 0 Å². The van der Waals surface area contributed by atoms with Crippen LogP contribution in [-0.4, -0.2) is 12.3 Å². The molecule has 0 unspecified atom stereocenters. The van der Waals surface area contributed by atoms with Gasteiger partial charge in [0, 0.05) is 22.2 Å². The second-order valence-corrected chi connectivity index (χ2v) is 6.43. The second-order valence-electron chi connectivity index (χ2n) is 4.96. The van der Waals surface area contributed by atoms with Crippen LogP contribution in [0, 0.1) is 5.92 Å². The molecule has 3 heteroatoms. The number of halogens is 1. The first kappa shape index (κ1) is 14.2. The Kier molecular flexibility index (Phi) is 5.87. The minimum absolute atomic E-state index is 0.878. The van der Waals surface area contributed by atoms with Crippen LogP contribution in [-0.2, 0) is 6.54 Å². The standard InChI is InChI=1S/C15H22ClNS/c1-2-17-10-13-14(16)8-5-9-15(13)18-11-12-6-3-4-7-12/h5,8-9,12,17H,2-4,6-7,10-11H2,1H3. The molecule has 0 atom stereocenters. The van der Waals surface area contributed by atoms with Crippen molar-refractivity contribution in [1.82, 2.24) is 5.32 Å². The van der Waals surface area contributed by atoms with Gasteiger partial charge >= 0.3 is 0 Å². The van der Waals surface area contributed by atoms with E-state index in [4.69, 9.17) is 11.6 Å². The van der Waals surface area contributed by atoms with Crippen molar-refractivity contribution in [2.45, 2.75) is 44.0 Å². The van der Waals surface area contributed by atoms with E-state index < -0.39 is 0 Å². The van der Waals surface area contributed by atoms with Crippen LogP contribution in [0.2, 0.25) is 5.02 Å². The number of thioether (sulfide) groups is 1. The van der Waals surface area contributed by atoms with E-state index in [1.807, 2.05) is 17.8 Å². The van der Waals surface area contributed by atoms with Gasteiger partial charge in [-0.1, -0.05) is 37.4 Å². The van der Waals surface area contributed by atoms with Crippen LogP contribution in [0.1, 0.15) is 38.2 Å². The van der Waals surface area contributed by atoms with Gasteiger partial charge in [0.15, 0.2) is 0 Å². The van der Waals surface area contributed by atoms with E-state index in [0.29, 0.717) is 0 Å². The molecular weight excluding hydrogens is 262 g/mol. The Bertz CT molecular complexity index is 375. The molecule has 0 aromatic heterocycles. The lowest BCUT2D eigenvalue weighted by molar-refractivity contribution is 0.623. The third-order valence-corrected chi connectivity index (χ3v) is 5.26. The molecule has 0 radical (unpaired) electrons. The van der Waals surface area contributed by atoms with Gasteiger partial charge in [0.05, 0.1) is 0 Å². The Morgan fingerprint density at radius 1 is 1.33 bits per heavy atom. The van der Waals surface area contributed by atoms with E-state index in [9.17, 15) is 0 Å². The highest BCUT2D eigenvalue weighted by Gasteiger charge is 2.16. The highest BCUT2D eigenvalue weighted by molar-refractivity contribution is 7.99. The lowest BCUT2D eigenvalue weighted by Crippen LogP contribution is -2.13. The summed E-state index contributed by atoms with van der Waals surface area (Å²) in [6, 6.07) is 6.26. The Balaban J connectivity index is 1.98. The van der Waals surface area contributed by atoms with Gasteiger partial charge in [-0.25, -0.2) is 0 Å². The van der Waals surface area contributed by atoms with Crippen LogP contribution in [0.15, 0.2) is 23.1 Å². The molecule has 1 saturated carbocycles. The average Bonchev–Trinajstić information content (AvgIpc) is 2.88. The molecule has 0 aliphatic heterocycles. The summed E-state index contributed by atoms with van der Waals surface area (Å²) >= 11 is 8.29. The zero-order chi connectivity index (χ0) is 12.8. The van der Waals surface area contributed by atoms with Crippen LogP contribution in [0.25, 0.3) is 0 Å². The largest absolute Gasteiger partial charge is 0.313 e. The maximum absolute atomic E-state index is 6.31. The third-order valence-electron chi connectivity index (χ3n) is 3.58. The van der Waals surface area contributed by atoms with Crippen LogP contribution in [0.3, 0.4) is 0 Å². The summed E-state index contributed by atoms with van der Waals surface area (Å²) in [5, 5.41) is 4.27. The van der Waals surface area contributed by atoms with Gasteiger partial charge < -0.3 is 5.32 Å². The predicted octanol–water partition coefficient (Wildman–Crippen LogP) is 4.73. The SMILES string of the molecule is CCNCc1c(Cl)cccc1SCC1CCCC1. The van der Waals surface area contributed by atoms with Gasteiger partial charge in [-0.2, -0.15) is 0 Å². The molecule has 100 valence electrons. The van der Waals surface area contributed by atoms with Crippen molar-refractivity contribution in [2.24, 2.45) is 5.92 Å². The molecule has 2 rings (SSSR count). The van der Waals surface area contributed by atoms with E-state index in [1.165, 1.54) is 41.9 Å². The molecule has 1 fully saturated rings. The average molecular weight is 284 g/mol. The first-order valence-corrected chi connectivity index (χ1v) is 8.28. The molecule has 0 bridgehead atoms. The second kappa shape index (κ2) is 7.42. The van der Waals surface area contributed by atoms with Gasteiger partial charge in [-0.15, -0.1) is 11.8 Å². The number of benzene rings is 1. The van der Waals surface area contributed by atoms with Gasteiger partial charge in [0.2, 0.25) is 0 Å². The molecule has 0 amide bonds. The van der Waals surface area contributed by atoms with Crippen molar-refractivity contribution < 1.29 is 0 Å². The maximum atomic E-state index is 6.31. The minimum atomic E-state index is 0.878. The van der Waals surface area contributed by atoms with E-state index >= 15 is 0 Å². The molecule has 1 aliphatic rings. The molecule has 1 aromatic carbocycles. The summed E-state index contributed by atoms with van der Waals surface area (Å²) in [5.41, 5.74) is 1.27. The fourth-order valence-electron chi connectivity index (χ4n) is 2.48. The first-order valence-electron chi connectivity index (χ1n) is 6.92. The fraction of sp³-hybridized carbons (Fsp3) is 0.600. The summed E-state index contributed by atoms with van der Waals surface area (Å²) in [7, 11) is 0. The zero-order valence-electron chi connectivity index (χ0n) is 11.0. The number of nitrogens with one attached hydrogen (secondary N) is 1. The molecule has 1 aliphatic carbocycles. The Morgan fingerprint density at radius 3 is 2.83 bits per heavy atom. The maximum Gasteiger partial charge on any atom is 0.0462 e. The molecule has 1 N–H and O–H groups in total. The first-order chi connectivity index (χ1) is 8.81. The van der Waals surface area contributed by atoms with E-state index in [2.05, 4.69) is 24.4 Å². The summed E-state index contributed by atoms with van der Waals surface area (Å²) in [4.78, 5) is 1.36. The predicted molar refractivity (Wildman–Crippen MR) is 81.5 cm³/mol. The normalized spacial score (nSPS) is 16.3. The summed E-state index contributed by atoms with van der Waals surface area (Å²) in [5.74, 6) is 2.17. The molecule has 0 saturated heterocycles. The fourth-order valence-corrected chi connectivity index (χ4v) is 4.06. The highest BCUT2D eigenvalue weighted by Crippen LogP contribution is 2.34. The third kappa shape index (κ3) is 3.91. The van der Waals surface area contributed by atoms with Crippen molar-refractivity contribution in [3.05, 3.63) is 28.8 Å². The number of rotatable bonds is 6. The molecule has 0 spiro atoms. The smallest absolute Gasteiger partial charge is 0.0462 e. The molecule has 1 nitrogen and oxygen atoms in total. The van der Waals surface area contributed by atoms with Crippen LogP contribution in [0.5, 0.6) is 0 Å². The molecular formula is C15H22ClNS. The quantitative estimate of drug-likeness (QED) is 0.758. The molecule has 1 aromatic rings. The van der Waals surface area contributed by atoms with Crippen molar-refractivity contribution in [2.75, 3.05) is 12.3 Å². The Labute approximate surface area is 120 Å². The molecule has 0 heterocycles. The van der Waals surface area contributed by atoms with Gasteiger partial charge in [-0.3, -0.25) is 0 Å². The van der Waals surface area contributed by atoms with Crippen LogP contribution in [0.4, 0.5) is 0 Å². The topological polar surface area (TPSA) is 12.0 Å².